The van der Waals surface area contributed by atoms with Gasteiger partial charge < -0.3 is 1.43 Å². The first kappa shape index (κ1) is 11.1. The van der Waals surface area contributed by atoms with Crippen molar-refractivity contribution in [3.8, 4) is 0 Å². The SMILES string of the molecule is SCCCCS.[H-].[Li+]. The van der Waals surface area contributed by atoms with Crippen LogP contribution in [0.5, 0.6) is 0 Å². The zero-order chi connectivity index (χ0) is 4.83. The van der Waals surface area contributed by atoms with E-state index in [0.29, 0.717) is 0 Å². The molecule has 0 nitrogen and oxygen atoms in total. The van der Waals surface area contributed by atoms with Crippen LogP contribution in [0.1, 0.15) is 14.3 Å². The maximum absolute atomic E-state index is 4.02. The van der Waals surface area contributed by atoms with Crippen molar-refractivity contribution in [1.29, 1.82) is 0 Å². The van der Waals surface area contributed by atoms with Gasteiger partial charge in [0.15, 0.2) is 0 Å². The van der Waals surface area contributed by atoms with Gasteiger partial charge in [0.2, 0.25) is 0 Å². The second kappa shape index (κ2) is 10.3. The van der Waals surface area contributed by atoms with Crippen molar-refractivity contribution in [2.45, 2.75) is 12.8 Å². The minimum absolute atomic E-state index is 0. The van der Waals surface area contributed by atoms with Crippen LogP contribution in [-0.4, -0.2) is 11.5 Å². The Labute approximate surface area is 69.9 Å². The minimum atomic E-state index is 0. The molecule has 40 valence electrons. The van der Waals surface area contributed by atoms with Crippen LogP contribution in [-0.2, 0) is 0 Å². The van der Waals surface area contributed by atoms with Crippen molar-refractivity contribution in [2.75, 3.05) is 11.5 Å². The molecule has 0 atom stereocenters. The average Bonchev–Trinajstić information content (AvgIpc) is 1.61. The summed E-state index contributed by atoms with van der Waals surface area (Å²) in [6.45, 7) is 0. The molecule has 0 rings (SSSR count). The van der Waals surface area contributed by atoms with Crippen molar-refractivity contribution in [3.63, 3.8) is 0 Å². The molecule has 0 saturated heterocycles. The largest absolute Gasteiger partial charge is 1.00 e. The Balaban J connectivity index is -0.000000125. The van der Waals surface area contributed by atoms with Crippen LogP contribution in [0.15, 0.2) is 0 Å². The van der Waals surface area contributed by atoms with Gasteiger partial charge in [-0.05, 0) is 24.3 Å². The fourth-order valence-corrected chi connectivity index (χ4v) is 0.671. The zero-order valence-electron chi connectivity index (χ0n) is 5.72. The summed E-state index contributed by atoms with van der Waals surface area (Å²) in [5.74, 6) is 2.00. The molecule has 0 amide bonds. The van der Waals surface area contributed by atoms with E-state index in [1.165, 1.54) is 12.8 Å². The van der Waals surface area contributed by atoms with Crippen LogP contribution in [0.2, 0.25) is 0 Å². The topological polar surface area (TPSA) is 0 Å². The molecular weight excluding hydrogens is 119 g/mol. The molecule has 0 aliphatic rings. The normalized spacial score (nSPS) is 7.71. The zero-order valence-corrected chi connectivity index (χ0v) is 6.51. The van der Waals surface area contributed by atoms with Gasteiger partial charge in [-0.1, -0.05) is 0 Å². The van der Waals surface area contributed by atoms with E-state index >= 15 is 0 Å². The maximum Gasteiger partial charge on any atom is 1.00 e. The average molecular weight is 130 g/mol. The minimum Gasteiger partial charge on any atom is -1.00 e. The van der Waals surface area contributed by atoms with E-state index < -0.39 is 0 Å². The number of hydrogen-bond acceptors (Lipinski definition) is 2. The molecule has 0 radical (unpaired) electrons. The monoisotopic (exact) mass is 130 g/mol. The predicted molar refractivity (Wildman–Crippen MR) is 38.1 cm³/mol. The van der Waals surface area contributed by atoms with E-state index in [1.54, 1.807) is 0 Å². The van der Waals surface area contributed by atoms with Crippen molar-refractivity contribution in [1.82, 2.24) is 0 Å². The summed E-state index contributed by atoms with van der Waals surface area (Å²) in [6, 6.07) is 0. The quantitative estimate of drug-likeness (QED) is 0.266. The number of hydrogen-bond donors (Lipinski definition) is 2. The Morgan fingerprint density at radius 2 is 1.29 bits per heavy atom. The molecule has 7 heavy (non-hydrogen) atoms. The fraction of sp³-hybridized carbons (Fsp3) is 1.00. The second-order valence-corrected chi connectivity index (χ2v) is 2.05. The third kappa shape index (κ3) is 11.1. The Morgan fingerprint density at radius 1 is 1.00 bits per heavy atom. The number of rotatable bonds is 3. The molecule has 0 aromatic heterocycles. The van der Waals surface area contributed by atoms with Crippen LogP contribution in [0, 0.1) is 0 Å². The third-order valence-corrected chi connectivity index (χ3v) is 1.20. The Morgan fingerprint density at radius 3 is 1.43 bits per heavy atom. The van der Waals surface area contributed by atoms with Gasteiger partial charge in [0, 0.05) is 0 Å². The summed E-state index contributed by atoms with van der Waals surface area (Å²) in [6.07, 6.45) is 2.40. The molecule has 0 aliphatic carbocycles. The molecule has 0 saturated carbocycles. The van der Waals surface area contributed by atoms with Gasteiger partial charge >= 0.3 is 18.9 Å². The Bertz CT molecular complexity index is 26.0. The fourth-order valence-electron chi connectivity index (χ4n) is 0.224. The summed E-state index contributed by atoms with van der Waals surface area (Å²) >= 11 is 8.04. The van der Waals surface area contributed by atoms with Gasteiger partial charge in [-0.3, -0.25) is 0 Å². The van der Waals surface area contributed by atoms with Gasteiger partial charge in [0.1, 0.15) is 0 Å². The van der Waals surface area contributed by atoms with Gasteiger partial charge in [-0.15, -0.1) is 0 Å². The summed E-state index contributed by atoms with van der Waals surface area (Å²) in [4.78, 5) is 0. The number of thiol groups is 2. The van der Waals surface area contributed by atoms with Crippen molar-refractivity contribution < 1.29 is 20.3 Å². The standard InChI is InChI=1S/C4H10S2.Li.H/c5-3-1-2-4-6;;/h5-6H,1-4H2;;/q;+1;-1. The molecule has 0 spiro atoms. The number of unbranched alkanes of at least 4 members (excludes halogenated alkanes) is 1. The van der Waals surface area contributed by atoms with Crippen molar-refractivity contribution in [2.24, 2.45) is 0 Å². The van der Waals surface area contributed by atoms with E-state index in [0.717, 1.165) is 11.5 Å². The Kier molecular flexibility index (Phi) is 16.4. The van der Waals surface area contributed by atoms with Crippen molar-refractivity contribution in [3.05, 3.63) is 0 Å². The first-order valence-electron chi connectivity index (χ1n) is 2.13. The van der Waals surface area contributed by atoms with E-state index in [4.69, 9.17) is 0 Å². The van der Waals surface area contributed by atoms with Gasteiger partial charge in [-0.25, -0.2) is 0 Å². The van der Waals surface area contributed by atoms with Crippen LogP contribution < -0.4 is 18.9 Å². The first-order chi connectivity index (χ1) is 2.91. The van der Waals surface area contributed by atoms with E-state index in [-0.39, 0.29) is 20.3 Å². The first-order valence-corrected chi connectivity index (χ1v) is 3.40. The second-order valence-electron chi connectivity index (χ2n) is 1.15. The van der Waals surface area contributed by atoms with E-state index in [9.17, 15) is 0 Å². The summed E-state index contributed by atoms with van der Waals surface area (Å²) in [7, 11) is 0. The van der Waals surface area contributed by atoms with E-state index in [2.05, 4.69) is 25.3 Å². The molecule has 0 aromatic rings. The molecule has 0 fully saturated rings. The Hall–Kier alpha value is 1.30. The molecular formula is C4H11LiS2. The third-order valence-electron chi connectivity index (χ3n) is 0.566. The van der Waals surface area contributed by atoms with E-state index in [1.807, 2.05) is 0 Å². The summed E-state index contributed by atoms with van der Waals surface area (Å²) in [5.41, 5.74) is 0. The van der Waals surface area contributed by atoms with Gasteiger partial charge in [-0.2, -0.15) is 25.3 Å². The molecule has 0 aliphatic heterocycles. The van der Waals surface area contributed by atoms with Crippen LogP contribution >= 0.6 is 25.3 Å². The van der Waals surface area contributed by atoms with Gasteiger partial charge in [0.25, 0.3) is 0 Å². The van der Waals surface area contributed by atoms with Gasteiger partial charge in [0.05, 0.1) is 0 Å². The maximum atomic E-state index is 4.02. The van der Waals surface area contributed by atoms with Crippen LogP contribution in [0.3, 0.4) is 0 Å². The molecule has 0 bridgehead atoms. The molecule has 3 heteroatoms. The molecule has 0 unspecified atom stereocenters. The smallest absolute Gasteiger partial charge is 1.00 e. The van der Waals surface area contributed by atoms with Crippen LogP contribution in [0.25, 0.3) is 0 Å². The molecule has 0 aromatic carbocycles. The summed E-state index contributed by atoms with van der Waals surface area (Å²) < 4.78 is 0. The molecule has 0 N–H and O–H groups in total. The van der Waals surface area contributed by atoms with Crippen molar-refractivity contribution >= 4 is 25.3 Å². The summed E-state index contributed by atoms with van der Waals surface area (Å²) in [5, 5.41) is 0. The molecule has 0 heterocycles. The predicted octanol–water partition coefficient (Wildman–Crippen LogP) is -1.26. The van der Waals surface area contributed by atoms with Crippen LogP contribution in [0.4, 0.5) is 0 Å².